The van der Waals surface area contributed by atoms with Crippen LogP contribution in [0.3, 0.4) is 0 Å². The molecule has 134 valence electrons. The van der Waals surface area contributed by atoms with Crippen LogP contribution in [0.25, 0.3) is 0 Å². The van der Waals surface area contributed by atoms with Crippen molar-refractivity contribution in [1.82, 2.24) is 0 Å². The molecule has 0 radical (unpaired) electrons. The number of methoxy groups -OCH3 is 1. The van der Waals surface area contributed by atoms with E-state index in [1.807, 2.05) is 13.0 Å². The van der Waals surface area contributed by atoms with Crippen LogP contribution in [0.2, 0.25) is 5.02 Å². The average molecular weight is 383 g/mol. The molecule has 0 spiro atoms. The molecule has 0 aliphatic carbocycles. The molecular weight excluding hydrogens is 364 g/mol. The zero-order valence-electron chi connectivity index (χ0n) is 14.2. The second-order valence-electron chi connectivity index (χ2n) is 6.13. The summed E-state index contributed by atoms with van der Waals surface area (Å²) in [6.45, 7) is 3.59. The SMILES string of the molecule is COc1cc2c(cc1Cl)CC[C@H](c1c(C)ccc(S(=O)(=O)O)c1C)O2. The van der Waals surface area contributed by atoms with Crippen LogP contribution >= 0.6 is 11.6 Å². The van der Waals surface area contributed by atoms with E-state index in [0.717, 1.165) is 23.1 Å². The van der Waals surface area contributed by atoms with E-state index in [-0.39, 0.29) is 11.0 Å². The van der Waals surface area contributed by atoms with Crippen molar-refractivity contribution in [3.63, 3.8) is 0 Å². The topological polar surface area (TPSA) is 72.8 Å². The van der Waals surface area contributed by atoms with Crippen molar-refractivity contribution in [3.8, 4) is 11.5 Å². The predicted molar refractivity (Wildman–Crippen MR) is 95.4 cm³/mol. The van der Waals surface area contributed by atoms with Gasteiger partial charge in [0.15, 0.2) is 0 Å². The summed E-state index contributed by atoms with van der Waals surface area (Å²) in [5.74, 6) is 1.20. The van der Waals surface area contributed by atoms with Gasteiger partial charge in [-0.25, -0.2) is 0 Å². The Hall–Kier alpha value is -1.76. The van der Waals surface area contributed by atoms with Crippen molar-refractivity contribution < 1.29 is 22.4 Å². The summed E-state index contributed by atoms with van der Waals surface area (Å²) in [6, 6.07) is 6.69. The predicted octanol–water partition coefficient (Wildman–Crippen LogP) is 4.28. The molecule has 1 heterocycles. The number of hydrogen-bond donors (Lipinski definition) is 1. The Morgan fingerprint density at radius 2 is 2.00 bits per heavy atom. The molecule has 1 atom stereocenters. The van der Waals surface area contributed by atoms with E-state index >= 15 is 0 Å². The molecule has 0 saturated heterocycles. The van der Waals surface area contributed by atoms with Gasteiger partial charge in [0.1, 0.15) is 17.6 Å². The van der Waals surface area contributed by atoms with Gasteiger partial charge in [0.05, 0.1) is 17.0 Å². The van der Waals surface area contributed by atoms with Gasteiger partial charge in [-0.3, -0.25) is 4.55 Å². The third-order valence-corrected chi connectivity index (χ3v) is 5.86. The lowest BCUT2D eigenvalue weighted by Gasteiger charge is -2.29. The van der Waals surface area contributed by atoms with Gasteiger partial charge >= 0.3 is 0 Å². The first-order chi connectivity index (χ1) is 11.7. The van der Waals surface area contributed by atoms with Crippen molar-refractivity contribution in [2.24, 2.45) is 0 Å². The van der Waals surface area contributed by atoms with Crippen molar-refractivity contribution >= 4 is 21.7 Å². The fraction of sp³-hybridized carbons (Fsp3) is 0.333. The lowest BCUT2D eigenvalue weighted by molar-refractivity contribution is 0.174. The molecule has 5 nitrogen and oxygen atoms in total. The molecule has 0 aromatic heterocycles. The molecule has 7 heteroatoms. The Balaban J connectivity index is 2.05. The third-order valence-electron chi connectivity index (χ3n) is 4.56. The van der Waals surface area contributed by atoms with Gasteiger partial charge in [0.25, 0.3) is 10.1 Å². The van der Waals surface area contributed by atoms with E-state index in [1.165, 1.54) is 13.2 Å². The molecule has 1 aliphatic rings. The summed E-state index contributed by atoms with van der Waals surface area (Å²) >= 11 is 6.16. The average Bonchev–Trinajstić information content (AvgIpc) is 2.53. The van der Waals surface area contributed by atoms with E-state index in [9.17, 15) is 13.0 Å². The van der Waals surface area contributed by atoms with E-state index in [0.29, 0.717) is 28.5 Å². The number of benzene rings is 2. The van der Waals surface area contributed by atoms with E-state index < -0.39 is 10.1 Å². The summed E-state index contributed by atoms with van der Waals surface area (Å²) in [5, 5.41) is 0.532. The molecule has 2 aromatic carbocycles. The van der Waals surface area contributed by atoms with Crippen LogP contribution in [0.5, 0.6) is 11.5 Å². The summed E-state index contributed by atoms with van der Waals surface area (Å²) < 4.78 is 44.0. The van der Waals surface area contributed by atoms with Crippen LogP contribution in [0.15, 0.2) is 29.2 Å². The largest absolute Gasteiger partial charge is 0.495 e. The first kappa shape index (κ1) is 18.0. The molecule has 0 saturated carbocycles. The van der Waals surface area contributed by atoms with E-state index in [2.05, 4.69) is 0 Å². The van der Waals surface area contributed by atoms with Gasteiger partial charge in [0.2, 0.25) is 0 Å². The maximum atomic E-state index is 11.6. The molecule has 3 rings (SSSR count). The number of rotatable bonds is 3. The molecule has 2 aromatic rings. The summed E-state index contributed by atoms with van der Waals surface area (Å²) in [6.07, 6.45) is 1.13. The normalized spacial score (nSPS) is 16.9. The van der Waals surface area contributed by atoms with E-state index in [4.69, 9.17) is 21.1 Å². The second kappa shape index (κ2) is 6.52. The fourth-order valence-corrected chi connectivity index (χ4v) is 4.36. The molecule has 0 amide bonds. The second-order valence-corrected chi connectivity index (χ2v) is 7.93. The molecule has 1 N–H and O–H groups in total. The Kier molecular flexibility index (Phi) is 4.70. The number of ether oxygens (including phenoxy) is 2. The highest BCUT2D eigenvalue weighted by molar-refractivity contribution is 7.85. The lowest BCUT2D eigenvalue weighted by Crippen LogP contribution is -2.18. The Labute approximate surface area is 152 Å². The van der Waals surface area contributed by atoms with Crippen molar-refractivity contribution in [2.75, 3.05) is 7.11 Å². The van der Waals surface area contributed by atoms with Crippen LogP contribution in [0.1, 0.15) is 34.8 Å². The standard InChI is InChI=1S/C18H19ClO5S/c1-10-4-7-17(25(20,21)22)11(2)18(10)14-6-5-12-8-13(19)16(23-3)9-15(12)24-14/h4,7-9,14H,5-6H2,1-3H3,(H,20,21,22)/t14-/m1/s1. The van der Waals surface area contributed by atoms with Crippen LogP contribution in [-0.2, 0) is 16.5 Å². The molecule has 0 fully saturated rings. The first-order valence-electron chi connectivity index (χ1n) is 7.83. The summed E-state index contributed by atoms with van der Waals surface area (Å²) in [7, 11) is -2.74. The Morgan fingerprint density at radius 1 is 1.28 bits per heavy atom. The van der Waals surface area contributed by atoms with Crippen molar-refractivity contribution in [1.29, 1.82) is 0 Å². The number of hydrogen-bond acceptors (Lipinski definition) is 4. The number of aryl methyl sites for hydroxylation is 2. The quantitative estimate of drug-likeness (QED) is 0.802. The minimum absolute atomic E-state index is 0.0869. The highest BCUT2D eigenvalue weighted by Gasteiger charge is 2.28. The summed E-state index contributed by atoms with van der Waals surface area (Å²) in [4.78, 5) is -0.0869. The van der Waals surface area contributed by atoms with Crippen LogP contribution in [-0.4, -0.2) is 20.1 Å². The van der Waals surface area contributed by atoms with E-state index in [1.54, 1.807) is 19.1 Å². The van der Waals surface area contributed by atoms with Gasteiger partial charge < -0.3 is 9.47 Å². The zero-order valence-corrected chi connectivity index (χ0v) is 15.7. The van der Waals surface area contributed by atoms with Gasteiger partial charge in [-0.2, -0.15) is 8.42 Å². The maximum Gasteiger partial charge on any atom is 0.294 e. The Morgan fingerprint density at radius 3 is 2.64 bits per heavy atom. The summed E-state index contributed by atoms with van der Waals surface area (Å²) in [5.41, 5.74) is 3.20. The van der Waals surface area contributed by atoms with Gasteiger partial charge in [-0.15, -0.1) is 0 Å². The van der Waals surface area contributed by atoms with Crippen LogP contribution < -0.4 is 9.47 Å². The van der Waals surface area contributed by atoms with Gasteiger partial charge in [-0.1, -0.05) is 17.7 Å². The van der Waals surface area contributed by atoms with Gasteiger partial charge in [-0.05, 0) is 61.1 Å². The van der Waals surface area contributed by atoms with Crippen LogP contribution in [0.4, 0.5) is 0 Å². The molecule has 25 heavy (non-hydrogen) atoms. The minimum atomic E-state index is -4.28. The first-order valence-corrected chi connectivity index (χ1v) is 9.65. The molecule has 1 aliphatic heterocycles. The lowest BCUT2D eigenvalue weighted by atomic mass is 9.91. The molecule has 0 unspecified atom stereocenters. The van der Waals surface area contributed by atoms with Crippen molar-refractivity contribution in [2.45, 2.75) is 37.7 Å². The number of halogens is 1. The minimum Gasteiger partial charge on any atom is -0.495 e. The highest BCUT2D eigenvalue weighted by Crippen LogP contribution is 2.42. The smallest absolute Gasteiger partial charge is 0.294 e. The number of fused-ring (bicyclic) bond motifs is 1. The molecule has 0 bridgehead atoms. The fourth-order valence-electron chi connectivity index (χ4n) is 3.36. The zero-order chi connectivity index (χ0) is 18.4. The Bertz CT molecular complexity index is 937. The highest BCUT2D eigenvalue weighted by atomic mass is 35.5. The van der Waals surface area contributed by atoms with Crippen molar-refractivity contribution in [3.05, 3.63) is 51.5 Å². The molecular formula is C18H19ClO5S. The van der Waals surface area contributed by atoms with Crippen LogP contribution in [0, 0.1) is 13.8 Å². The van der Waals surface area contributed by atoms with Gasteiger partial charge in [0, 0.05) is 6.07 Å². The maximum absolute atomic E-state index is 11.6. The monoisotopic (exact) mass is 382 g/mol. The third kappa shape index (κ3) is 3.34.